The van der Waals surface area contributed by atoms with Gasteiger partial charge in [0.1, 0.15) is 12.4 Å². The summed E-state index contributed by atoms with van der Waals surface area (Å²) in [4.78, 5) is 2.12. The van der Waals surface area contributed by atoms with Gasteiger partial charge in [0.25, 0.3) is 0 Å². The Morgan fingerprint density at radius 2 is 1.41 bits per heavy atom. The van der Waals surface area contributed by atoms with Gasteiger partial charge in [0.15, 0.2) is 0 Å². The molecular weight excluding hydrogens is 270 g/mol. The Morgan fingerprint density at radius 1 is 0.864 bits per heavy atom. The molecule has 0 amide bonds. The van der Waals surface area contributed by atoms with Crippen molar-refractivity contribution >= 4 is 0 Å². The van der Waals surface area contributed by atoms with Crippen LogP contribution in [0.5, 0.6) is 5.75 Å². The Kier molecular flexibility index (Phi) is 6.02. The molecule has 0 bridgehead atoms. The van der Waals surface area contributed by atoms with E-state index in [9.17, 15) is 0 Å². The molecular formula is C20H27NO. The first-order chi connectivity index (χ1) is 10.5. The quantitative estimate of drug-likeness (QED) is 0.753. The zero-order valence-electron chi connectivity index (χ0n) is 14.2. The van der Waals surface area contributed by atoms with Crippen molar-refractivity contribution < 1.29 is 4.74 Å². The smallest absolute Gasteiger partial charge is 0.119 e. The summed E-state index contributed by atoms with van der Waals surface area (Å²) in [5.74, 6) is 1.54. The molecule has 0 aromatic heterocycles. The van der Waals surface area contributed by atoms with E-state index in [0.29, 0.717) is 5.92 Å². The number of benzene rings is 2. The standard InChI is InChI=1S/C20H27NO/c1-16(2)19-9-5-17(6-10-19)15-18-7-11-20(12-8-18)22-14-13-21(3)4/h5-12,16H,13-15H2,1-4H3. The Labute approximate surface area is 134 Å². The minimum absolute atomic E-state index is 0.590. The van der Waals surface area contributed by atoms with Gasteiger partial charge in [-0.05, 0) is 55.3 Å². The first-order valence-corrected chi connectivity index (χ1v) is 8.00. The summed E-state index contributed by atoms with van der Waals surface area (Å²) in [6.45, 7) is 6.11. The van der Waals surface area contributed by atoms with Crippen LogP contribution in [0.15, 0.2) is 48.5 Å². The maximum atomic E-state index is 5.72. The summed E-state index contributed by atoms with van der Waals surface area (Å²) < 4.78 is 5.72. The van der Waals surface area contributed by atoms with Crippen LogP contribution < -0.4 is 4.74 Å². The van der Waals surface area contributed by atoms with Crippen molar-refractivity contribution in [3.05, 3.63) is 65.2 Å². The van der Waals surface area contributed by atoms with E-state index < -0.39 is 0 Å². The van der Waals surface area contributed by atoms with E-state index in [-0.39, 0.29) is 0 Å². The van der Waals surface area contributed by atoms with Gasteiger partial charge in [-0.15, -0.1) is 0 Å². The molecule has 22 heavy (non-hydrogen) atoms. The Balaban J connectivity index is 1.90. The second-order valence-electron chi connectivity index (χ2n) is 6.37. The van der Waals surface area contributed by atoms with E-state index >= 15 is 0 Å². The van der Waals surface area contributed by atoms with E-state index in [2.05, 4.69) is 81.4 Å². The number of likely N-dealkylation sites (N-methyl/N-ethyl adjacent to an activating group) is 1. The minimum atomic E-state index is 0.590. The zero-order valence-corrected chi connectivity index (χ0v) is 14.2. The van der Waals surface area contributed by atoms with Gasteiger partial charge in [0, 0.05) is 6.54 Å². The minimum Gasteiger partial charge on any atom is -0.492 e. The lowest BCUT2D eigenvalue weighted by Crippen LogP contribution is -2.19. The molecule has 2 heteroatoms. The van der Waals surface area contributed by atoms with Gasteiger partial charge in [-0.2, -0.15) is 0 Å². The van der Waals surface area contributed by atoms with E-state index in [4.69, 9.17) is 4.74 Å². The second kappa shape index (κ2) is 8.00. The largest absolute Gasteiger partial charge is 0.492 e. The molecule has 0 fully saturated rings. The van der Waals surface area contributed by atoms with E-state index in [1.165, 1.54) is 16.7 Å². The highest BCUT2D eigenvalue weighted by Gasteiger charge is 2.01. The molecule has 2 aromatic carbocycles. The molecule has 0 saturated heterocycles. The molecule has 0 heterocycles. The highest BCUT2D eigenvalue weighted by molar-refractivity contribution is 5.33. The number of hydrogen-bond donors (Lipinski definition) is 0. The van der Waals surface area contributed by atoms with Gasteiger partial charge in [0.2, 0.25) is 0 Å². The summed E-state index contributed by atoms with van der Waals surface area (Å²) in [5, 5.41) is 0. The third-order valence-corrected chi connectivity index (χ3v) is 3.79. The third kappa shape index (κ3) is 5.19. The average Bonchev–Trinajstić information content (AvgIpc) is 2.49. The van der Waals surface area contributed by atoms with Crippen molar-refractivity contribution in [2.75, 3.05) is 27.2 Å². The topological polar surface area (TPSA) is 12.5 Å². The molecule has 0 spiro atoms. The lowest BCUT2D eigenvalue weighted by molar-refractivity contribution is 0.261. The number of ether oxygens (including phenoxy) is 1. The van der Waals surface area contributed by atoms with Gasteiger partial charge >= 0.3 is 0 Å². The van der Waals surface area contributed by atoms with Crippen LogP contribution in [0.1, 0.15) is 36.5 Å². The van der Waals surface area contributed by atoms with Crippen LogP contribution in [0, 0.1) is 0 Å². The van der Waals surface area contributed by atoms with Crippen LogP contribution in [0.4, 0.5) is 0 Å². The van der Waals surface area contributed by atoms with Crippen LogP contribution in [-0.4, -0.2) is 32.1 Å². The molecule has 118 valence electrons. The van der Waals surface area contributed by atoms with Crippen molar-refractivity contribution in [1.29, 1.82) is 0 Å². The fraction of sp³-hybridized carbons (Fsp3) is 0.400. The van der Waals surface area contributed by atoms with Crippen LogP contribution in [0.2, 0.25) is 0 Å². The summed E-state index contributed by atoms with van der Waals surface area (Å²) in [7, 11) is 4.11. The number of hydrogen-bond acceptors (Lipinski definition) is 2. The Morgan fingerprint density at radius 3 is 1.91 bits per heavy atom. The lowest BCUT2D eigenvalue weighted by Gasteiger charge is -2.11. The molecule has 0 aliphatic carbocycles. The fourth-order valence-electron chi connectivity index (χ4n) is 2.31. The average molecular weight is 297 g/mol. The molecule has 2 rings (SSSR count). The summed E-state index contributed by atoms with van der Waals surface area (Å²) in [5.41, 5.74) is 4.07. The van der Waals surface area contributed by atoms with Gasteiger partial charge in [-0.1, -0.05) is 50.2 Å². The molecule has 0 unspecified atom stereocenters. The van der Waals surface area contributed by atoms with E-state index in [1.807, 2.05) is 0 Å². The van der Waals surface area contributed by atoms with E-state index in [1.54, 1.807) is 0 Å². The second-order valence-corrected chi connectivity index (χ2v) is 6.37. The maximum absolute atomic E-state index is 5.72. The first kappa shape index (κ1) is 16.6. The predicted octanol–water partition coefficient (Wildman–Crippen LogP) is 4.34. The molecule has 0 aliphatic heterocycles. The Hall–Kier alpha value is -1.80. The highest BCUT2D eigenvalue weighted by atomic mass is 16.5. The van der Waals surface area contributed by atoms with Crippen LogP contribution in [0.25, 0.3) is 0 Å². The van der Waals surface area contributed by atoms with Crippen LogP contribution in [0.3, 0.4) is 0 Å². The molecule has 0 atom stereocenters. The molecule has 0 saturated carbocycles. The SMILES string of the molecule is CC(C)c1ccc(Cc2ccc(OCCN(C)C)cc2)cc1. The molecule has 0 aliphatic rings. The lowest BCUT2D eigenvalue weighted by atomic mass is 9.99. The molecule has 0 N–H and O–H groups in total. The summed E-state index contributed by atoms with van der Waals surface area (Å²) in [6, 6.07) is 17.4. The normalized spacial score (nSPS) is 11.2. The van der Waals surface area contributed by atoms with Crippen molar-refractivity contribution in [3.63, 3.8) is 0 Å². The zero-order chi connectivity index (χ0) is 15.9. The van der Waals surface area contributed by atoms with Gasteiger partial charge in [0.05, 0.1) is 0 Å². The number of rotatable bonds is 7. The van der Waals surface area contributed by atoms with Gasteiger partial charge in [-0.25, -0.2) is 0 Å². The summed E-state index contributed by atoms with van der Waals surface area (Å²) >= 11 is 0. The van der Waals surface area contributed by atoms with Crippen molar-refractivity contribution in [3.8, 4) is 5.75 Å². The monoisotopic (exact) mass is 297 g/mol. The fourth-order valence-corrected chi connectivity index (χ4v) is 2.31. The molecule has 2 nitrogen and oxygen atoms in total. The van der Waals surface area contributed by atoms with Gasteiger partial charge in [-0.3, -0.25) is 0 Å². The summed E-state index contributed by atoms with van der Waals surface area (Å²) in [6.07, 6.45) is 0.969. The first-order valence-electron chi connectivity index (χ1n) is 8.00. The third-order valence-electron chi connectivity index (χ3n) is 3.79. The van der Waals surface area contributed by atoms with E-state index in [0.717, 1.165) is 25.3 Å². The Bertz CT molecular complexity index is 555. The van der Waals surface area contributed by atoms with Gasteiger partial charge < -0.3 is 9.64 Å². The van der Waals surface area contributed by atoms with Crippen molar-refractivity contribution in [2.24, 2.45) is 0 Å². The highest BCUT2D eigenvalue weighted by Crippen LogP contribution is 2.18. The predicted molar refractivity (Wildman–Crippen MR) is 93.8 cm³/mol. The molecule has 0 radical (unpaired) electrons. The van der Waals surface area contributed by atoms with Crippen LogP contribution in [-0.2, 0) is 6.42 Å². The maximum Gasteiger partial charge on any atom is 0.119 e. The van der Waals surface area contributed by atoms with Crippen LogP contribution >= 0.6 is 0 Å². The molecule has 2 aromatic rings. The van der Waals surface area contributed by atoms with Crippen molar-refractivity contribution in [2.45, 2.75) is 26.2 Å². The van der Waals surface area contributed by atoms with Crippen molar-refractivity contribution in [1.82, 2.24) is 4.90 Å². The number of nitrogens with zero attached hydrogens (tertiary/aromatic N) is 1.